The largest absolute Gasteiger partial charge is 0.344 e. The van der Waals surface area contributed by atoms with Crippen molar-refractivity contribution in [2.75, 3.05) is 5.32 Å². The van der Waals surface area contributed by atoms with E-state index in [4.69, 9.17) is 5.73 Å². The average Bonchev–Trinajstić information content (AvgIpc) is 2.54. The van der Waals surface area contributed by atoms with Crippen molar-refractivity contribution in [3.8, 4) is 0 Å². The molecule has 0 fully saturated rings. The van der Waals surface area contributed by atoms with Crippen LogP contribution in [-0.2, 0) is 22.7 Å². The number of hydrogen-bond acceptors (Lipinski definition) is 3. The van der Waals surface area contributed by atoms with E-state index >= 15 is 0 Å². The molecule has 0 aliphatic carbocycles. The molecule has 0 saturated carbocycles. The van der Waals surface area contributed by atoms with E-state index in [2.05, 4.69) is 26.6 Å². The molecular formula is C16H16BrN3O2. The summed E-state index contributed by atoms with van der Waals surface area (Å²) in [5, 5.41) is 5.13. The van der Waals surface area contributed by atoms with E-state index in [-0.39, 0.29) is 6.54 Å². The van der Waals surface area contributed by atoms with Crippen LogP contribution in [0.3, 0.4) is 0 Å². The first-order chi connectivity index (χ1) is 10.6. The molecule has 0 aromatic heterocycles. The van der Waals surface area contributed by atoms with Crippen molar-refractivity contribution in [2.45, 2.75) is 13.1 Å². The predicted octanol–water partition coefficient (Wildman–Crippen LogP) is 2.16. The van der Waals surface area contributed by atoms with Crippen LogP contribution in [-0.4, -0.2) is 11.8 Å². The van der Waals surface area contributed by atoms with Crippen LogP contribution in [0.15, 0.2) is 53.0 Å². The molecule has 4 N–H and O–H groups in total. The fourth-order valence-corrected chi connectivity index (χ4v) is 2.25. The molecule has 114 valence electrons. The Balaban J connectivity index is 1.91. The van der Waals surface area contributed by atoms with Crippen molar-refractivity contribution in [3.05, 3.63) is 64.1 Å². The van der Waals surface area contributed by atoms with Crippen LogP contribution in [0.2, 0.25) is 0 Å². The molecule has 2 amide bonds. The number of amides is 2. The van der Waals surface area contributed by atoms with Gasteiger partial charge in [0, 0.05) is 17.6 Å². The molecule has 0 bridgehead atoms. The molecule has 0 saturated heterocycles. The lowest BCUT2D eigenvalue weighted by atomic mass is 10.1. The highest BCUT2D eigenvalue weighted by atomic mass is 79.9. The van der Waals surface area contributed by atoms with Gasteiger partial charge in [0.05, 0.1) is 5.69 Å². The average molecular weight is 362 g/mol. The van der Waals surface area contributed by atoms with Crippen molar-refractivity contribution in [1.82, 2.24) is 5.32 Å². The summed E-state index contributed by atoms with van der Waals surface area (Å²) < 4.78 is 0.715. The summed E-state index contributed by atoms with van der Waals surface area (Å²) in [6, 6.07) is 14.6. The fourth-order valence-electron chi connectivity index (χ4n) is 1.87. The molecule has 0 heterocycles. The van der Waals surface area contributed by atoms with E-state index in [0.717, 1.165) is 11.1 Å². The zero-order valence-electron chi connectivity index (χ0n) is 11.8. The summed E-state index contributed by atoms with van der Waals surface area (Å²) in [4.78, 5) is 23.7. The molecule has 5 nitrogen and oxygen atoms in total. The second kappa shape index (κ2) is 7.72. The minimum absolute atomic E-state index is 0.274. The van der Waals surface area contributed by atoms with Gasteiger partial charge in [-0.05, 0) is 39.2 Å². The van der Waals surface area contributed by atoms with E-state index in [1.165, 1.54) is 0 Å². The third kappa shape index (κ3) is 4.41. The Labute approximate surface area is 137 Å². The van der Waals surface area contributed by atoms with Gasteiger partial charge in [-0.15, -0.1) is 0 Å². The lowest BCUT2D eigenvalue weighted by Gasteiger charge is -2.08. The van der Waals surface area contributed by atoms with E-state index in [1.807, 2.05) is 30.3 Å². The van der Waals surface area contributed by atoms with Crippen LogP contribution < -0.4 is 16.4 Å². The molecule has 2 aromatic carbocycles. The van der Waals surface area contributed by atoms with Gasteiger partial charge in [-0.1, -0.05) is 36.4 Å². The summed E-state index contributed by atoms with van der Waals surface area (Å²) in [5.41, 5.74) is 7.99. The van der Waals surface area contributed by atoms with Crippen LogP contribution in [0.4, 0.5) is 5.69 Å². The van der Waals surface area contributed by atoms with E-state index in [0.29, 0.717) is 16.7 Å². The summed E-state index contributed by atoms with van der Waals surface area (Å²) in [5.74, 6) is -1.39. The summed E-state index contributed by atoms with van der Waals surface area (Å²) in [7, 11) is 0. The first kappa shape index (κ1) is 16.2. The Bertz CT molecular complexity index is 689. The minimum atomic E-state index is -0.707. The van der Waals surface area contributed by atoms with Gasteiger partial charge in [0.25, 0.3) is 0 Å². The van der Waals surface area contributed by atoms with E-state index < -0.39 is 11.8 Å². The Hall–Kier alpha value is -2.18. The molecule has 0 radical (unpaired) electrons. The maximum absolute atomic E-state index is 11.8. The number of anilines is 1. The molecular weight excluding hydrogens is 346 g/mol. The topological polar surface area (TPSA) is 84.2 Å². The first-order valence-electron chi connectivity index (χ1n) is 6.71. The summed E-state index contributed by atoms with van der Waals surface area (Å²) >= 11 is 3.31. The zero-order chi connectivity index (χ0) is 15.9. The SMILES string of the molecule is NCc1cccc(CNC(=O)C(=O)Nc2ccccc2Br)c1. The Morgan fingerprint density at radius 2 is 1.73 bits per heavy atom. The maximum Gasteiger partial charge on any atom is 0.313 e. The molecule has 0 aliphatic heterocycles. The number of carbonyl (C=O) groups is 2. The Kier molecular flexibility index (Phi) is 5.68. The number of nitrogens with one attached hydrogen (secondary N) is 2. The number of hydrogen-bond donors (Lipinski definition) is 3. The standard InChI is InChI=1S/C16H16BrN3O2/c17-13-6-1-2-7-14(13)20-16(22)15(21)19-10-12-5-3-4-11(8-12)9-18/h1-8H,9-10,18H2,(H,19,21)(H,20,22). The number of para-hydroxylation sites is 1. The third-order valence-corrected chi connectivity index (χ3v) is 3.70. The normalized spacial score (nSPS) is 10.1. The van der Waals surface area contributed by atoms with E-state index in [1.54, 1.807) is 18.2 Å². The molecule has 0 atom stereocenters. The molecule has 0 unspecified atom stereocenters. The van der Waals surface area contributed by atoms with Gasteiger partial charge >= 0.3 is 11.8 Å². The molecule has 0 aliphatic rings. The van der Waals surface area contributed by atoms with Gasteiger partial charge in [0.2, 0.25) is 0 Å². The van der Waals surface area contributed by atoms with Crippen molar-refractivity contribution >= 4 is 33.4 Å². The zero-order valence-corrected chi connectivity index (χ0v) is 13.4. The predicted molar refractivity (Wildman–Crippen MR) is 89.0 cm³/mol. The summed E-state index contributed by atoms with van der Waals surface area (Å²) in [6.07, 6.45) is 0. The first-order valence-corrected chi connectivity index (χ1v) is 7.51. The fraction of sp³-hybridized carbons (Fsp3) is 0.125. The quantitative estimate of drug-likeness (QED) is 0.729. The van der Waals surface area contributed by atoms with Crippen LogP contribution in [0.1, 0.15) is 11.1 Å². The smallest absolute Gasteiger partial charge is 0.313 e. The highest BCUT2D eigenvalue weighted by Gasteiger charge is 2.14. The van der Waals surface area contributed by atoms with Gasteiger partial charge in [0.1, 0.15) is 0 Å². The van der Waals surface area contributed by atoms with Crippen LogP contribution in [0.5, 0.6) is 0 Å². The molecule has 2 aromatic rings. The van der Waals surface area contributed by atoms with Gasteiger partial charge < -0.3 is 16.4 Å². The Morgan fingerprint density at radius 1 is 1.00 bits per heavy atom. The second-order valence-electron chi connectivity index (χ2n) is 4.64. The van der Waals surface area contributed by atoms with Crippen LogP contribution >= 0.6 is 15.9 Å². The van der Waals surface area contributed by atoms with Gasteiger partial charge in [-0.25, -0.2) is 0 Å². The van der Waals surface area contributed by atoms with Crippen molar-refractivity contribution in [1.29, 1.82) is 0 Å². The lowest BCUT2D eigenvalue weighted by Crippen LogP contribution is -2.35. The Morgan fingerprint density at radius 3 is 2.45 bits per heavy atom. The van der Waals surface area contributed by atoms with Gasteiger partial charge in [-0.3, -0.25) is 9.59 Å². The monoisotopic (exact) mass is 361 g/mol. The third-order valence-electron chi connectivity index (χ3n) is 3.01. The number of carbonyl (C=O) groups excluding carboxylic acids is 2. The second-order valence-corrected chi connectivity index (χ2v) is 5.50. The lowest BCUT2D eigenvalue weighted by molar-refractivity contribution is -0.136. The number of rotatable bonds is 4. The molecule has 22 heavy (non-hydrogen) atoms. The van der Waals surface area contributed by atoms with Crippen LogP contribution in [0, 0.1) is 0 Å². The number of halogens is 1. The van der Waals surface area contributed by atoms with Crippen molar-refractivity contribution < 1.29 is 9.59 Å². The summed E-state index contributed by atoms with van der Waals surface area (Å²) in [6.45, 7) is 0.709. The highest BCUT2D eigenvalue weighted by molar-refractivity contribution is 9.10. The van der Waals surface area contributed by atoms with Crippen molar-refractivity contribution in [3.63, 3.8) is 0 Å². The van der Waals surface area contributed by atoms with Gasteiger partial charge in [-0.2, -0.15) is 0 Å². The maximum atomic E-state index is 11.8. The van der Waals surface area contributed by atoms with Gasteiger partial charge in [0.15, 0.2) is 0 Å². The molecule has 2 rings (SSSR count). The molecule has 0 spiro atoms. The number of nitrogens with two attached hydrogens (primary N) is 1. The van der Waals surface area contributed by atoms with E-state index in [9.17, 15) is 9.59 Å². The number of benzene rings is 2. The minimum Gasteiger partial charge on any atom is -0.344 e. The van der Waals surface area contributed by atoms with Crippen molar-refractivity contribution in [2.24, 2.45) is 5.73 Å². The highest BCUT2D eigenvalue weighted by Crippen LogP contribution is 2.20. The molecule has 6 heteroatoms. The van der Waals surface area contributed by atoms with Crippen LogP contribution in [0.25, 0.3) is 0 Å².